The van der Waals surface area contributed by atoms with Crippen LogP contribution in [-0.2, 0) is 9.59 Å². The van der Waals surface area contributed by atoms with Crippen molar-refractivity contribution in [3.63, 3.8) is 0 Å². The molecule has 0 heterocycles. The molecule has 4 atom stereocenters. The molecule has 6 nitrogen and oxygen atoms in total. The van der Waals surface area contributed by atoms with Crippen LogP contribution in [0.2, 0.25) is 5.02 Å². The molecule has 0 saturated heterocycles. The summed E-state index contributed by atoms with van der Waals surface area (Å²) in [6.07, 6.45) is 4.55. The number of halogens is 1. The molecule has 154 valence electrons. The van der Waals surface area contributed by atoms with Gasteiger partial charge in [-0.25, -0.2) is 0 Å². The number of rotatable bonds is 5. The lowest BCUT2D eigenvalue weighted by molar-refractivity contribution is -0.146. The summed E-state index contributed by atoms with van der Waals surface area (Å²) in [5.41, 5.74) is 2.37. The molecule has 0 unspecified atom stereocenters. The van der Waals surface area contributed by atoms with Gasteiger partial charge in [0.2, 0.25) is 5.91 Å². The average Bonchev–Trinajstić information content (AvgIpc) is 3.32. The van der Waals surface area contributed by atoms with E-state index >= 15 is 0 Å². The zero-order chi connectivity index (χ0) is 21.4. The number of aliphatic carboxylic acids is 1. The molecule has 1 saturated carbocycles. The second-order valence-corrected chi connectivity index (χ2v) is 8.25. The maximum absolute atomic E-state index is 12.9. The third-order valence-electron chi connectivity index (χ3n) is 5.91. The largest absolute Gasteiger partial charge is 0.481 e. The lowest BCUT2D eigenvalue weighted by atomic mass is 9.82. The van der Waals surface area contributed by atoms with E-state index in [-0.39, 0.29) is 23.7 Å². The van der Waals surface area contributed by atoms with E-state index in [0.717, 1.165) is 5.56 Å². The smallest absolute Gasteiger partial charge is 0.307 e. The van der Waals surface area contributed by atoms with Crippen molar-refractivity contribution < 1.29 is 19.5 Å². The van der Waals surface area contributed by atoms with E-state index in [1.165, 1.54) is 0 Å². The Hall–Kier alpha value is -3.12. The normalized spacial score (nSPS) is 23.9. The van der Waals surface area contributed by atoms with E-state index in [1.807, 2.05) is 19.1 Å². The Bertz CT molecular complexity index is 1050. The van der Waals surface area contributed by atoms with Crippen molar-refractivity contribution in [2.75, 3.05) is 10.6 Å². The highest BCUT2D eigenvalue weighted by molar-refractivity contribution is 6.30. The number of carboxylic acid groups (broad SMARTS) is 1. The molecule has 2 aromatic rings. The Morgan fingerprint density at radius 1 is 0.967 bits per heavy atom. The van der Waals surface area contributed by atoms with Crippen molar-refractivity contribution in [2.45, 2.75) is 13.3 Å². The lowest BCUT2D eigenvalue weighted by Gasteiger charge is -2.24. The third kappa shape index (κ3) is 3.83. The monoisotopic (exact) mass is 424 g/mol. The third-order valence-corrected chi connectivity index (χ3v) is 6.16. The molecule has 3 N–H and O–H groups in total. The molecule has 2 aliphatic carbocycles. The first-order chi connectivity index (χ1) is 14.3. The average molecular weight is 425 g/mol. The van der Waals surface area contributed by atoms with E-state index in [9.17, 15) is 19.5 Å². The SMILES string of the molecule is Cc1ccc(NC(=O)[C@@H]2[C@@H](C(=O)O)[C@H]3C=C[C@@H]2C3)cc1NC(=O)c1ccc(Cl)cc1. The molecule has 0 aliphatic heterocycles. The number of aryl methyl sites for hydroxylation is 1. The van der Waals surface area contributed by atoms with Crippen molar-refractivity contribution in [3.8, 4) is 0 Å². The number of allylic oxidation sites excluding steroid dienone is 2. The number of carbonyl (C=O) groups excluding carboxylic acids is 2. The van der Waals surface area contributed by atoms with Crippen LogP contribution in [0.3, 0.4) is 0 Å². The van der Waals surface area contributed by atoms with Crippen LogP contribution in [0.5, 0.6) is 0 Å². The van der Waals surface area contributed by atoms with Crippen molar-refractivity contribution in [3.05, 3.63) is 70.8 Å². The first-order valence-corrected chi connectivity index (χ1v) is 10.1. The number of hydrogen-bond donors (Lipinski definition) is 3. The van der Waals surface area contributed by atoms with Crippen LogP contribution < -0.4 is 10.6 Å². The first kappa shape index (κ1) is 20.2. The van der Waals surface area contributed by atoms with Crippen molar-refractivity contribution in [1.29, 1.82) is 0 Å². The number of anilines is 2. The summed E-state index contributed by atoms with van der Waals surface area (Å²) in [4.78, 5) is 37.1. The van der Waals surface area contributed by atoms with Crippen molar-refractivity contribution >= 4 is 40.8 Å². The molecule has 2 bridgehead atoms. The van der Waals surface area contributed by atoms with E-state index in [4.69, 9.17) is 11.6 Å². The van der Waals surface area contributed by atoms with Crippen LogP contribution in [0.4, 0.5) is 11.4 Å². The number of benzene rings is 2. The molecule has 4 rings (SSSR count). The number of carbonyl (C=O) groups is 3. The van der Waals surface area contributed by atoms with Crippen molar-refractivity contribution in [1.82, 2.24) is 0 Å². The highest BCUT2D eigenvalue weighted by atomic mass is 35.5. The molecule has 1 fully saturated rings. The summed E-state index contributed by atoms with van der Waals surface area (Å²) < 4.78 is 0. The van der Waals surface area contributed by atoms with Gasteiger partial charge in [0.15, 0.2) is 0 Å². The molecular weight excluding hydrogens is 404 g/mol. The van der Waals surface area contributed by atoms with E-state index in [1.54, 1.807) is 42.5 Å². The molecule has 0 spiro atoms. The van der Waals surface area contributed by atoms with Gasteiger partial charge in [0.25, 0.3) is 5.91 Å². The minimum Gasteiger partial charge on any atom is -0.481 e. The summed E-state index contributed by atoms with van der Waals surface area (Å²) in [5.74, 6) is -2.96. The summed E-state index contributed by atoms with van der Waals surface area (Å²) >= 11 is 5.87. The molecule has 0 aromatic heterocycles. The molecular formula is C23H21ClN2O4. The van der Waals surface area contributed by atoms with Gasteiger partial charge in [-0.15, -0.1) is 0 Å². The van der Waals surface area contributed by atoms with Gasteiger partial charge in [0, 0.05) is 22.0 Å². The van der Waals surface area contributed by atoms with E-state index in [0.29, 0.717) is 28.4 Å². The fourth-order valence-electron chi connectivity index (χ4n) is 4.37. The zero-order valence-corrected chi connectivity index (χ0v) is 17.0. The van der Waals surface area contributed by atoms with Gasteiger partial charge in [-0.2, -0.15) is 0 Å². The fraction of sp³-hybridized carbons (Fsp3) is 0.261. The van der Waals surface area contributed by atoms with Crippen LogP contribution in [-0.4, -0.2) is 22.9 Å². The summed E-state index contributed by atoms with van der Waals surface area (Å²) in [5, 5.41) is 15.8. The van der Waals surface area contributed by atoms with Crippen molar-refractivity contribution in [2.24, 2.45) is 23.7 Å². The van der Waals surface area contributed by atoms with E-state index in [2.05, 4.69) is 10.6 Å². The quantitative estimate of drug-likeness (QED) is 0.621. The van der Waals surface area contributed by atoms with Crippen LogP contribution in [0.15, 0.2) is 54.6 Å². The number of amides is 2. The van der Waals surface area contributed by atoms with Crippen LogP contribution in [0, 0.1) is 30.6 Å². The lowest BCUT2D eigenvalue weighted by Crippen LogP contribution is -2.36. The highest BCUT2D eigenvalue weighted by Gasteiger charge is 2.51. The van der Waals surface area contributed by atoms with Crippen LogP contribution in [0.1, 0.15) is 22.3 Å². The van der Waals surface area contributed by atoms with Gasteiger partial charge in [-0.3, -0.25) is 14.4 Å². The minimum absolute atomic E-state index is 0.0503. The van der Waals surface area contributed by atoms with Gasteiger partial charge in [-0.05, 0) is 67.1 Å². The fourth-order valence-corrected chi connectivity index (χ4v) is 4.50. The van der Waals surface area contributed by atoms with Gasteiger partial charge in [-0.1, -0.05) is 29.8 Å². The Morgan fingerprint density at radius 3 is 2.30 bits per heavy atom. The zero-order valence-electron chi connectivity index (χ0n) is 16.3. The van der Waals surface area contributed by atoms with Gasteiger partial charge in [0.05, 0.1) is 11.8 Å². The van der Waals surface area contributed by atoms with Gasteiger partial charge < -0.3 is 15.7 Å². The van der Waals surface area contributed by atoms with Gasteiger partial charge >= 0.3 is 5.97 Å². The van der Waals surface area contributed by atoms with Crippen LogP contribution >= 0.6 is 11.6 Å². The number of carboxylic acids is 1. The minimum atomic E-state index is -0.938. The van der Waals surface area contributed by atoms with Crippen LogP contribution in [0.25, 0.3) is 0 Å². The molecule has 2 aromatic carbocycles. The Labute approximate surface area is 178 Å². The Kier molecular flexibility index (Phi) is 5.35. The molecule has 7 heteroatoms. The highest BCUT2D eigenvalue weighted by Crippen LogP contribution is 2.48. The predicted molar refractivity (Wildman–Crippen MR) is 115 cm³/mol. The molecule has 0 radical (unpaired) electrons. The molecule has 2 aliphatic rings. The Morgan fingerprint density at radius 2 is 1.63 bits per heavy atom. The molecule has 2 amide bonds. The van der Waals surface area contributed by atoms with Gasteiger partial charge in [0.1, 0.15) is 0 Å². The summed E-state index contributed by atoms with van der Waals surface area (Å²) in [7, 11) is 0. The Balaban J connectivity index is 1.50. The second-order valence-electron chi connectivity index (χ2n) is 7.82. The first-order valence-electron chi connectivity index (χ1n) is 9.73. The van der Waals surface area contributed by atoms with E-state index < -0.39 is 17.8 Å². The number of fused-ring (bicyclic) bond motifs is 2. The number of hydrogen-bond acceptors (Lipinski definition) is 3. The topological polar surface area (TPSA) is 95.5 Å². The second kappa shape index (κ2) is 7.95. The number of nitrogens with one attached hydrogen (secondary N) is 2. The standard InChI is InChI=1S/C23H21ClN2O4/c1-12-2-9-17(11-18(12)26-21(27)13-5-7-16(24)8-6-13)25-22(28)19-14-3-4-15(10-14)20(19)23(29)30/h2-9,11,14-15,19-20H,10H2,1H3,(H,25,28)(H,26,27)(H,29,30)/t14-,15+,19+,20+/m1/s1. The predicted octanol–water partition coefficient (Wildman–Crippen LogP) is 4.36. The summed E-state index contributed by atoms with van der Waals surface area (Å²) in [6.45, 7) is 1.85. The molecule has 30 heavy (non-hydrogen) atoms. The maximum Gasteiger partial charge on any atom is 0.307 e. The maximum atomic E-state index is 12.9. The summed E-state index contributed by atoms with van der Waals surface area (Å²) in [6, 6.07) is 11.8.